The van der Waals surface area contributed by atoms with Crippen LogP contribution in [0, 0.1) is 0 Å². The largest absolute Gasteiger partial charge is 0.388 e. The Morgan fingerprint density at radius 2 is 2.18 bits per heavy atom. The number of rotatable bonds is 5. The molecule has 1 aromatic carbocycles. The number of benzene rings is 1. The van der Waals surface area contributed by atoms with Gasteiger partial charge >= 0.3 is 0 Å². The number of aromatic nitrogens is 2. The third-order valence-corrected chi connectivity index (χ3v) is 7.67. The van der Waals surface area contributed by atoms with Crippen LogP contribution in [0.3, 0.4) is 0 Å². The lowest BCUT2D eigenvalue weighted by atomic mass is 9.86. The second-order valence-electron chi connectivity index (χ2n) is 9.45. The van der Waals surface area contributed by atoms with E-state index in [-0.39, 0.29) is 6.04 Å². The molecular weight excluding hydrogens is 440 g/mol. The van der Waals surface area contributed by atoms with Gasteiger partial charge in [-0.05, 0) is 53.6 Å². The number of aromatic amines is 1. The fourth-order valence-corrected chi connectivity index (χ4v) is 5.50. The third kappa shape index (κ3) is 3.78. The van der Waals surface area contributed by atoms with Gasteiger partial charge in [-0.2, -0.15) is 0 Å². The molecule has 1 saturated heterocycles. The summed E-state index contributed by atoms with van der Waals surface area (Å²) >= 11 is 6.35. The molecule has 33 heavy (non-hydrogen) atoms. The molecular formula is C25H27ClN4O3. The number of fused-ring (bicyclic) bond motifs is 2. The minimum absolute atomic E-state index is 0.0821. The molecule has 2 atom stereocenters. The molecule has 0 amide bonds. The molecule has 1 saturated carbocycles. The van der Waals surface area contributed by atoms with E-state index in [0.717, 1.165) is 48.0 Å². The van der Waals surface area contributed by atoms with Gasteiger partial charge in [0.1, 0.15) is 11.9 Å². The van der Waals surface area contributed by atoms with Crippen LogP contribution in [0.2, 0.25) is 5.02 Å². The van der Waals surface area contributed by atoms with Crippen molar-refractivity contribution in [1.29, 1.82) is 0 Å². The Kier molecular flexibility index (Phi) is 5.27. The Hall–Kier alpha value is -2.29. The van der Waals surface area contributed by atoms with Crippen molar-refractivity contribution in [2.75, 3.05) is 26.3 Å². The van der Waals surface area contributed by atoms with Crippen LogP contribution < -0.4 is 5.32 Å². The van der Waals surface area contributed by atoms with Crippen LogP contribution in [0.25, 0.3) is 22.2 Å². The lowest BCUT2D eigenvalue weighted by Gasteiger charge is -2.38. The quantitative estimate of drug-likeness (QED) is 0.501. The van der Waals surface area contributed by atoms with E-state index in [2.05, 4.69) is 38.4 Å². The lowest BCUT2D eigenvalue weighted by Crippen LogP contribution is -2.49. The molecule has 8 heteroatoms. The standard InChI is InChI=1S/C25H27ClN4O3/c26-21-11-29-24-19(21)9-17(10-28-24)16-7-15-1-5-30(23(13-31)25(32)2-3-25)12-20(15)18(8-16)22-14-33-6-4-27-22/h7-11,13,22-23,27,32H,1-6,12,14H2,(H,28,29). The maximum absolute atomic E-state index is 11.9. The number of ether oxygens (including phenoxy) is 1. The van der Waals surface area contributed by atoms with Crippen molar-refractivity contribution in [2.24, 2.45) is 0 Å². The molecule has 7 nitrogen and oxygen atoms in total. The fraction of sp³-hybridized carbons (Fsp3) is 0.440. The normalized spacial score (nSPS) is 23.3. The van der Waals surface area contributed by atoms with E-state index in [1.165, 1.54) is 16.7 Å². The molecule has 3 N–H and O–H groups in total. The first-order chi connectivity index (χ1) is 16.1. The summed E-state index contributed by atoms with van der Waals surface area (Å²) in [5, 5.41) is 15.8. The molecule has 1 aliphatic carbocycles. The number of carbonyl (C=O) groups is 1. The molecule has 3 aromatic rings. The van der Waals surface area contributed by atoms with Crippen LogP contribution in [0.15, 0.2) is 30.6 Å². The Labute approximate surface area is 197 Å². The highest BCUT2D eigenvalue weighted by atomic mass is 35.5. The van der Waals surface area contributed by atoms with Crippen molar-refractivity contribution in [3.8, 4) is 11.1 Å². The van der Waals surface area contributed by atoms with Crippen molar-refractivity contribution in [3.05, 3.63) is 52.3 Å². The summed E-state index contributed by atoms with van der Waals surface area (Å²) in [4.78, 5) is 21.7. The maximum Gasteiger partial charge on any atom is 0.140 e. The second-order valence-corrected chi connectivity index (χ2v) is 9.85. The van der Waals surface area contributed by atoms with Gasteiger partial charge in [0.15, 0.2) is 0 Å². The zero-order valence-electron chi connectivity index (χ0n) is 18.3. The monoisotopic (exact) mass is 466 g/mol. The number of carbonyl (C=O) groups excluding carboxylic acids is 1. The van der Waals surface area contributed by atoms with Crippen LogP contribution in [-0.2, 0) is 22.5 Å². The number of aliphatic hydroxyl groups is 1. The molecule has 0 bridgehead atoms. The highest BCUT2D eigenvalue weighted by Crippen LogP contribution is 2.42. The van der Waals surface area contributed by atoms with Gasteiger partial charge in [-0.3, -0.25) is 4.90 Å². The molecule has 0 radical (unpaired) electrons. The lowest BCUT2D eigenvalue weighted by molar-refractivity contribution is -0.118. The Morgan fingerprint density at radius 3 is 2.94 bits per heavy atom. The summed E-state index contributed by atoms with van der Waals surface area (Å²) in [6.45, 7) is 3.51. The van der Waals surface area contributed by atoms with Gasteiger partial charge in [-0.25, -0.2) is 4.98 Å². The van der Waals surface area contributed by atoms with E-state index < -0.39 is 11.6 Å². The summed E-state index contributed by atoms with van der Waals surface area (Å²) in [5.41, 5.74) is 5.74. The second kappa shape index (κ2) is 8.18. The Balaban J connectivity index is 1.42. The van der Waals surface area contributed by atoms with Crippen molar-refractivity contribution in [3.63, 3.8) is 0 Å². The van der Waals surface area contributed by atoms with E-state index in [4.69, 9.17) is 16.3 Å². The number of morpholine rings is 1. The third-order valence-electron chi connectivity index (χ3n) is 7.35. The predicted octanol–water partition coefficient (Wildman–Crippen LogP) is 2.99. The van der Waals surface area contributed by atoms with Gasteiger partial charge in [0.05, 0.1) is 35.9 Å². The van der Waals surface area contributed by atoms with E-state index >= 15 is 0 Å². The predicted molar refractivity (Wildman–Crippen MR) is 126 cm³/mol. The average Bonchev–Trinajstić information content (AvgIpc) is 3.49. The Morgan fingerprint density at radius 1 is 1.30 bits per heavy atom. The summed E-state index contributed by atoms with van der Waals surface area (Å²) in [7, 11) is 0. The molecule has 6 rings (SSSR count). The number of pyridine rings is 1. The molecule has 4 heterocycles. The van der Waals surface area contributed by atoms with Crippen LogP contribution in [0.1, 0.15) is 35.6 Å². The minimum atomic E-state index is -0.859. The summed E-state index contributed by atoms with van der Waals surface area (Å²) < 4.78 is 5.79. The zero-order valence-corrected chi connectivity index (χ0v) is 19.1. The highest BCUT2D eigenvalue weighted by Gasteiger charge is 2.50. The SMILES string of the molecule is O=CC(N1CCc2cc(-c3cnc4[nH]cc(Cl)c4c3)cc(C3COCCN3)c2C1)C1(O)CC1. The summed E-state index contributed by atoms with van der Waals surface area (Å²) in [5.74, 6) is 0. The molecule has 2 fully saturated rings. The summed E-state index contributed by atoms with van der Waals surface area (Å²) in [6, 6.07) is 6.18. The molecule has 172 valence electrons. The van der Waals surface area contributed by atoms with Gasteiger partial charge in [0, 0.05) is 43.0 Å². The van der Waals surface area contributed by atoms with Crippen molar-refractivity contribution in [2.45, 2.75) is 43.5 Å². The van der Waals surface area contributed by atoms with Crippen molar-refractivity contribution < 1.29 is 14.6 Å². The molecule has 2 aliphatic heterocycles. The topological polar surface area (TPSA) is 90.5 Å². The number of aldehydes is 1. The van der Waals surface area contributed by atoms with E-state index in [1.807, 2.05) is 6.20 Å². The average molecular weight is 467 g/mol. The first-order valence-electron chi connectivity index (χ1n) is 11.6. The number of hydrogen-bond donors (Lipinski definition) is 3. The molecule has 2 aromatic heterocycles. The molecule has 3 aliphatic rings. The number of H-pyrrole nitrogens is 1. The van der Waals surface area contributed by atoms with Crippen molar-refractivity contribution in [1.82, 2.24) is 20.2 Å². The Bertz CT molecular complexity index is 1220. The number of hydrogen-bond acceptors (Lipinski definition) is 6. The first-order valence-corrected chi connectivity index (χ1v) is 11.9. The van der Waals surface area contributed by atoms with Gasteiger partial charge < -0.3 is 24.9 Å². The van der Waals surface area contributed by atoms with Crippen LogP contribution in [-0.4, -0.2) is 64.2 Å². The van der Waals surface area contributed by atoms with E-state index in [1.54, 1.807) is 6.20 Å². The highest BCUT2D eigenvalue weighted by molar-refractivity contribution is 6.35. The number of nitrogens with zero attached hydrogens (tertiary/aromatic N) is 2. The maximum atomic E-state index is 11.9. The smallest absolute Gasteiger partial charge is 0.140 e. The van der Waals surface area contributed by atoms with Crippen LogP contribution in [0.5, 0.6) is 0 Å². The van der Waals surface area contributed by atoms with E-state index in [9.17, 15) is 9.90 Å². The van der Waals surface area contributed by atoms with Crippen LogP contribution in [0.4, 0.5) is 0 Å². The first kappa shape index (κ1) is 21.3. The van der Waals surface area contributed by atoms with Crippen LogP contribution >= 0.6 is 11.6 Å². The minimum Gasteiger partial charge on any atom is -0.388 e. The summed E-state index contributed by atoms with van der Waals surface area (Å²) in [6.07, 6.45) is 6.78. The van der Waals surface area contributed by atoms with Gasteiger partial charge in [-0.1, -0.05) is 17.7 Å². The van der Waals surface area contributed by atoms with Gasteiger partial charge in [-0.15, -0.1) is 0 Å². The molecule has 0 spiro atoms. The van der Waals surface area contributed by atoms with Crippen molar-refractivity contribution >= 4 is 28.9 Å². The van der Waals surface area contributed by atoms with Gasteiger partial charge in [0.2, 0.25) is 0 Å². The molecule has 2 unspecified atom stereocenters. The van der Waals surface area contributed by atoms with Gasteiger partial charge in [0.25, 0.3) is 0 Å². The fourth-order valence-electron chi connectivity index (χ4n) is 5.30. The number of halogens is 1. The van der Waals surface area contributed by atoms with E-state index in [0.29, 0.717) is 37.6 Å². The zero-order chi connectivity index (χ0) is 22.6. The number of nitrogens with one attached hydrogen (secondary N) is 2.